The lowest BCUT2D eigenvalue weighted by Crippen LogP contribution is -2.46. The monoisotopic (exact) mass is 329 g/mol. The van der Waals surface area contributed by atoms with Crippen LogP contribution in [0.3, 0.4) is 0 Å². The van der Waals surface area contributed by atoms with Gasteiger partial charge in [0.2, 0.25) is 5.91 Å². The summed E-state index contributed by atoms with van der Waals surface area (Å²) in [4.78, 5) is 14.6. The van der Waals surface area contributed by atoms with Gasteiger partial charge in [0.25, 0.3) is 0 Å². The van der Waals surface area contributed by atoms with Gasteiger partial charge in [-0.05, 0) is 43.4 Å². The van der Waals surface area contributed by atoms with Gasteiger partial charge in [-0.1, -0.05) is 23.8 Å². The minimum absolute atomic E-state index is 0.0649. The summed E-state index contributed by atoms with van der Waals surface area (Å²) in [5.74, 6) is 1.11. The molecule has 1 fully saturated rings. The fraction of sp³-hybridized carbons (Fsp3) is 0.550. The molecular weight excluding hydrogens is 302 g/mol. The van der Waals surface area contributed by atoms with Crippen molar-refractivity contribution in [2.24, 2.45) is 0 Å². The molecule has 0 spiro atoms. The van der Waals surface area contributed by atoms with Crippen LogP contribution in [0.15, 0.2) is 35.9 Å². The number of carbonyl (C=O) groups excluding carboxylic acids is 1. The number of allylic oxidation sites excluding steroid dienone is 1. The van der Waals surface area contributed by atoms with E-state index < -0.39 is 0 Å². The van der Waals surface area contributed by atoms with E-state index in [1.54, 1.807) is 7.11 Å². The van der Waals surface area contributed by atoms with Gasteiger partial charge >= 0.3 is 0 Å². The van der Waals surface area contributed by atoms with Gasteiger partial charge in [0, 0.05) is 25.9 Å². The largest absolute Gasteiger partial charge is 0.497 e. The maximum Gasteiger partial charge on any atom is 0.226 e. The zero-order chi connectivity index (χ0) is 16.8. The lowest BCUT2D eigenvalue weighted by Gasteiger charge is -2.33. The summed E-state index contributed by atoms with van der Waals surface area (Å²) in [7, 11) is 1.68. The van der Waals surface area contributed by atoms with E-state index in [9.17, 15) is 4.79 Å². The summed E-state index contributed by atoms with van der Waals surface area (Å²) < 4.78 is 11.2. The molecule has 1 heterocycles. The van der Waals surface area contributed by atoms with Gasteiger partial charge in [-0.15, -0.1) is 0 Å². The first-order chi connectivity index (χ1) is 11.7. The van der Waals surface area contributed by atoms with Crippen LogP contribution in [0.2, 0.25) is 0 Å². The van der Waals surface area contributed by atoms with Crippen LogP contribution in [0.5, 0.6) is 5.75 Å². The minimum atomic E-state index is 0.0649. The predicted octanol–water partition coefficient (Wildman–Crippen LogP) is 3.36. The van der Waals surface area contributed by atoms with Crippen molar-refractivity contribution in [3.8, 4) is 5.75 Å². The van der Waals surface area contributed by atoms with Gasteiger partial charge in [0.1, 0.15) is 5.75 Å². The second-order valence-electron chi connectivity index (χ2n) is 6.67. The van der Waals surface area contributed by atoms with Crippen LogP contribution in [-0.4, -0.2) is 43.7 Å². The molecule has 1 aliphatic carbocycles. The van der Waals surface area contributed by atoms with Crippen molar-refractivity contribution < 1.29 is 14.3 Å². The van der Waals surface area contributed by atoms with E-state index in [1.807, 2.05) is 23.1 Å². The summed E-state index contributed by atoms with van der Waals surface area (Å²) >= 11 is 0. The van der Waals surface area contributed by atoms with E-state index >= 15 is 0 Å². The minimum Gasteiger partial charge on any atom is -0.497 e. The molecule has 1 amide bonds. The molecule has 4 heteroatoms. The Morgan fingerprint density at radius 3 is 3.08 bits per heavy atom. The number of ether oxygens (including phenoxy) is 2. The number of nitrogens with zero attached hydrogens (tertiary/aromatic N) is 1. The molecule has 2 aliphatic rings. The number of carbonyl (C=O) groups is 1. The fourth-order valence-electron chi connectivity index (χ4n) is 3.50. The number of benzene rings is 1. The van der Waals surface area contributed by atoms with Crippen molar-refractivity contribution in [2.45, 2.75) is 44.6 Å². The van der Waals surface area contributed by atoms with Gasteiger partial charge < -0.3 is 14.4 Å². The van der Waals surface area contributed by atoms with Crippen molar-refractivity contribution in [2.75, 3.05) is 26.8 Å². The van der Waals surface area contributed by atoms with Crippen molar-refractivity contribution in [1.29, 1.82) is 0 Å². The Morgan fingerprint density at radius 1 is 1.38 bits per heavy atom. The topological polar surface area (TPSA) is 38.8 Å². The molecular formula is C20H27NO3. The van der Waals surface area contributed by atoms with E-state index in [-0.39, 0.29) is 12.0 Å². The Hall–Kier alpha value is -1.81. The van der Waals surface area contributed by atoms with Crippen LogP contribution in [0.4, 0.5) is 0 Å². The molecule has 0 aromatic heterocycles. The standard InChI is InChI=1S/C20H27NO3/c1-23-18-9-5-8-17(12-18)13-19-15-21(10-11-24-19)20(22)14-16-6-3-2-4-7-16/h5-6,8-9,12,19H,2-4,7,10-11,13-15H2,1H3/t19-/m1/s1. The first-order valence-electron chi connectivity index (χ1n) is 8.95. The van der Waals surface area contributed by atoms with Gasteiger partial charge in [0.15, 0.2) is 0 Å². The zero-order valence-corrected chi connectivity index (χ0v) is 14.5. The number of hydrogen-bond donors (Lipinski definition) is 0. The van der Waals surface area contributed by atoms with Crippen molar-refractivity contribution in [3.05, 3.63) is 41.5 Å². The zero-order valence-electron chi connectivity index (χ0n) is 14.5. The number of hydrogen-bond acceptors (Lipinski definition) is 3. The van der Waals surface area contributed by atoms with Crippen molar-refractivity contribution in [1.82, 2.24) is 4.90 Å². The highest BCUT2D eigenvalue weighted by atomic mass is 16.5. The number of methoxy groups -OCH3 is 1. The fourth-order valence-corrected chi connectivity index (χ4v) is 3.50. The Labute approximate surface area is 144 Å². The van der Waals surface area contributed by atoms with Crippen LogP contribution >= 0.6 is 0 Å². The van der Waals surface area contributed by atoms with Gasteiger partial charge in [-0.3, -0.25) is 4.79 Å². The molecule has 0 unspecified atom stereocenters. The maximum absolute atomic E-state index is 12.6. The quantitative estimate of drug-likeness (QED) is 0.778. The van der Waals surface area contributed by atoms with E-state index in [4.69, 9.17) is 9.47 Å². The average molecular weight is 329 g/mol. The molecule has 24 heavy (non-hydrogen) atoms. The normalized spacial score (nSPS) is 21.3. The Morgan fingerprint density at radius 2 is 2.29 bits per heavy atom. The molecule has 130 valence electrons. The second-order valence-corrected chi connectivity index (χ2v) is 6.67. The Balaban J connectivity index is 1.55. The smallest absolute Gasteiger partial charge is 0.226 e. The third-order valence-electron chi connectivity index (χ3n) is 4.85. The number of rotatable bonds is 5. The van der Waals surface area contributed by atoms with Crippen LogP contribution in [0.1, 0.15) is 37.7 Å². The maximum atomic E-state index is 12.6. The highest BCUT2D eigenvalue weighted by Crippen LogP contribution is 2.22. The van der Waals surface area contributed by atoms with Crippen LogP contribution < -0.4 is 4.74 Å². The van der Waals surface area contributed by atoms with E-state index in [1.165, 1.54) is 24.0 Å². The van der Waals surface area contributed by atoms with Crippen LogP contribution in [0.25, 0.3) is 0 Å². The lowest BCUT2D eigenvalue weighted by atomic mass is 9.96. The average Bonchev–Trinajstić information content (AvgIpc) is 2.63. The molecule has 1 saturated heterocycles. The Bertz CT molecular complexity index is 596. The van der Waals surface area contributed by atoms with E-state index in [0.717, 1.165) is 25.0 Å². The molecule has 1 aliphatic heterocycles. The van der Waals surface area contributed by atoms with E-state index in [2.05, 4.69) is 12.1 Å². The van der Waals surface area contributed by atoms with Crippen molar-refractivity contribution in [3.63, 3.8) is 0 Å². The third kappa shape index (κ3) is 4.60. The van der Waals surface area contributed by atoms with Gasteiger partial charge in [0.05, 0.1) is 19.8 Å². The summed E-state index contributed by atoms with van der Waals surface area (Å²) in [6, 6.07) is 8.06. The molecule has 1 atom stereocenters. The molecule has 1 aromatic rings. The van der Waals surface area contributed by atoms with Gasteiger partial charge in [-0.2, -0.15) is 0 Å². The van der Waals surface area contributed by atoms with Crippen LogP contribution in [-0.2, 0) is 16.0 Å². The van der Waals surface area contributed by atoms with E-state index in [0.29, 0.717) is 26.1 Å². The second kappa shape index (κ2) is 8.34. The summed E-state index contributed by atoms with van der Waals surface area (Å²) in [5, 5.41) is 0. The first kappa shape index (κ1) is 17.0. The highest BCUT2D eigenvalue weighted by Gasteiger charge is 2.25. The molecule has 0 bridgehead atoms. The first-order valence-corrected chi connectivity index (χ1v) is 8.95. The molecule has 3 rings (SSSR count). The molecule has 0 saturated carbocycles. The predicted molar refractivity (Wildman–Crippen MR) is 94.2 cm³/mol. The summed E-state index contributed by atoms with van der Waals surface area (Å²) in [6.07, 6.45) is 8.42. The molecule has 1 aromatic carbocycles. The number of amides is 1. The van der Waals surface area contributed by atoms with Crippen LogP contribution in [0, 0.1) is 0 Å². The van der Waals surface area contributed by atoms with Crippen molar-refractivity contribution >= 4 is 5.91 Å². The number of morpholine rings is 1. The lowest BCUT2D eigenvalue weighted by molar-refractivity contribution is -0.138. The SMILES string of the molecule is COc1cccc(C[C@@H]2CN(C(=O)CC3=CCCCC3)CCO2)c1. The molecule has 4 nitrogen and oxygen atoms in total. The summed E-state index contributed by atoms with van der Waals surface area (Å²) in [5.41, 5.74) is 2.51. The molecule has 0 N–H and O–H groups in total. The Kier molecular flexibility index (Phi) is 5.91. The molecule has 0 radical (unpaired) electrons. The highest BCUT2D eigenvalue weighted by molar-refractivity contribution is 5.78. The van der Waals surface area contributed by atoms with Gasteiger partial charge in [-0.25, -0.2) is 0 Å². The summed E-state index contributed by atoms with van der Waals surface area (Å²) in [6.45, 7) is 2.02. The third-order valence-corrected chi connectivity index (χ3v) is 4.85.